The van der Waals surface area contributed by atoms with E-state index in [-0.39, 0.29) is 10.8 Å². The minimum Gasteiger partial charge on any atom is -0.484 e. The Kier molecular flexibility index (Phi) is 3.26. The van der Waals surface area contributed by atoms with E-state index in [0.29, 0.717) is 18.0 Å². The summed E-state index contributed by atoms with van der Waals surface area (Å²) in [5, 5.41) is 0. The molecule has 1 aromatic rings. The molecule has 0 atom stereocenters. The molecule has 0 fully saturated rings. The Labute approximate surface area is 116 Å². The second-order valence-corrected chi connectivity index (χ2v) is 7.60. The lowest BCUT2D eigenvalue weighted by molar-refractivity contribution is -0.117. The van der Waals surface area contributed by atoms with Crippen molar-refractivity contribution in [2.24, 2.45) is 0 Å². The fourth-order valence-electron chi connectivity index (χ4n) is 2.02. The molecule has 5 nitrogen and oxygen atoms in total. The summed E-state index contributed by atoms with van der Waals surface area (Å²) >= 11 is 0. The summed E-state index contributed by atoms with van der Waals surface area (Å²) in [4.78, 5) is 13.1. The Hall–Kier alpha value is -1.27. The Morgan fingerprint density at radius 2 is 2.05 bits per heavy atom. The number of amides is 1. The fourth-order valence-corrected chi connectivity index (χ4v) is 2.79. The van der Waals surface area contributed by atoms with Gasteiger partial charge < -0.3 is 9.64 Å². The van der Waals surface area contributed by atoms with E-state index < -0.39 is 14.7 Å². The van der Waals surface area contributed by atoms with Crippen molar-refractivity contribution in [1.82, 2.24) is 0 Å². The molecule has 1 amide bonds. The number of rotatable bonds is 1. The zero-order valence-corrected chi connectivity index (χ0v) is 12.4. The summed E-state index contributed by atoms with van der Waals surface area (Å²) in [6.07, 6.45) is 0. The number of benzene rings is 1. The van der Waals surface area contributed by atoms with Gasteiger partial charge in [0.15, 0.2) is 0 Å². The predicted octanol–water partition coefficient (Wildman–Crippen LogP) is 2.14. The van der Waals surface area contributed by atoms with Crippen molar-refractivity contribution in [2.75, 3.05) is 11.4 Å². The Balaban J connectivity index is 2.59. The fraction of sp³-hybridized carbons (Fsp3) is 0.417. The molecule has 104 valence electrons. The first-order valence-corrected chi connectivity index (χ1v) is 7.97. The van der Waals surface area contributed by atoms with Crippen LogP contribution in [0, 0.1) is 0 Å². The molecule has 0 unspecified atom stereocenters. The summed E-state index contributed by atoms with van der Waals surface area (Å²) < 4.78 is 28.4. The van der Waals surface area contributed by atoms with E-state index >= 15 is 0 Å². The third kappa shape index (κ3) is 2.84. The molecule has 0 aliphatic carbocycles. The van der Waals surface area contributed by atoms with Crippen LogP contribution in [-0.2, 0) is 13.8 Å². The molecule has 0 N–H and O–H groups in total. The number of fused-ring (bicyclic) bond motifs is 1. The maximum Gasteiger partial charge on any atom is 0.261 e. The van der Waals surface area contributed by atoms with Crippen LogP contribution >= 0.6 is 10.7 Å². The highest BCUT2D eigenvalue weighted by atomic mass is 35.7. The lowest BCUT2D eigenvalue weighted by atomic mass is 10.1. The molecule has 2 rings (SSSR count). The smallest absolute Gasteiger partial charge is 0.261 e. The zero-order chi connectivity index (χ0) is 14.4. The van der Waals surface area contributed by atoms with Crippen LogP contribution in [0.4, 0.5) is 5.69 Å². The average molecular weight is 304 g/mol. The largest absolute Gasteiger partial charge is 0.484 e. The van der Waals surface area contributed by atoms with Crippen molar-refractivity contribution in [3.05, 3.63) is 18.2 Å². The van der Waals surface area contributed by atoms with Gasteiger partial charge in [0.1, 0.15) is 11.4 Å². The first kappa shape index (κ1) is 14.1. The first-order valence-electron chi connectivity index (χ1n) is 5.66. The van der Waals surface area contributed by atoms with Crippen LogP contribution in [0.2, 0.25) is 0 Å². The van der Waals surface area contributed by atoms with Gasteiger partial charge >= 0.3 is 0 Å². The third-order valence-corrected chi connectivity index (χ3v) is 4.16. The van der Waals surface area contributed by atoms with Crippen molar-refractivity contribution < 1.29 is 17.9 Å². The molecular weight excluding hydrogens is 290 g/mol. The molecule has 0 radical (unpaired) electrons. The highest BCUT2D eigenvalue weighted by molar-refractivity contribution is 8.13. The molecule has 1 heterocycles. The maximum absolute atomic E-state index is 11.7. The van der Waals surface area contributed by atoms with Gasteiger partial charge in [0, 0.05) is 17.6 Å². The molecule has 7 heteroatoms. The summed E-state index contributed by atoms with van der Waals surface area (Å²) in [6, 6.07) is 4.23. The van der Waals surface area contributed by atoms with Gasteiger partial charge in [-0.2, -0.15) is 0 Å². The minimum atomic E-state index is -3.84. The Morgan fingerprint density at radius 3 is 2.58 bits per heavy atom. The highest BCUT2D eigenvalue weighted by Crippen LogP contribution is 2.38. The predicted molar refractivity (Wildman–Crippen MR) is 72.2 cm³/mol. The Morgan fingerprint density at radius 1 is 1.42 bits per heavy atom. The van der Waals surface area contributed by atoms with Gasteiger partial charge in [-0.25, -0.2) is 8.42 Å². The topological polar surface area (TPSA) is 63.7 Å². The summed E-state index contributed by atoms with van der Waals surface area (Å²) in [5.74, 6) is 0.289. The van der Waals surface area contributed by atoms with Crippen LogP contribution in [0.5, 0.6) is 5.75 Å². The number of hydrogen-bond donors (Lipinski definition) is 0. The number of anilines is 1. The lowest BCUT2D eigenvalue weighted by Gasteiger charge is -2.39. The molecule has 19 heavy (non-hydrogen) atoms. The molecule has 0 saturated heterocycles. The summed E-state index contributed by atoms with van der Waals surface area (Å²) in [5.41, 5.74) is -0.103. The lowest BCUT2D eigenvalue weighted by Crippen LogP contribution is -2.48. The molecule has 1 aliphatic rings. The highest BCUT2D eigenvalue weighted by Gasteiger charge is 2.34. The number of nitrogens with zero attached hydrogens (tertiary/aromatic N) is 1. The van der Waals surface area contributed by atoms with E-state index in [0.717, 1.165) is 0 Å². The Bertz CT molecular complexity index is 639. The molecule has 0 spiro atoms. The quantitative estimate of drug-likeness (QED) is 0.746. The van der Waals surface area contributed by atoms with Gasteiger partial charge in [0.2, 0.25) is 5.91 Å². The SMILES string of the molecule is CC(=O)N1CC(C)(C)Oc2ccc(S(=O)(=O)Cl)cc21. The second-order valence-electron chi connectivity index (χ2n) is 5.03. The third-order valence-electron chi connectivity index (χ3n) is 2.81. The number of carbonyl (C=O) groups is 1. The van der Waals surface area contributed by atoms with Gasteiger partial charge in [-0.05, 0) is 32.0 Å². The van der Waals surface area contributed by atoms with E-state index in [1.165, 1.54) is 30.0 Å². The minimum absolute atomic E-state index is 0.0533. The van der Waals surface area contributed by atoms with Gasteiger partial charge in [0.05, 0.1) is 17.1 Å². The van der Waals surface area contributed by atoms with Crippen molar-refractivity contribution in [2.45, 2.75) is 31.3 Å². The van der Waals surface area contributed by atoms with Gasteiger partial charge in [-0.15, -0.1) is 0 Å². The van der Waals surface area contributed by atoms with Gasteiger partial charge in [-0.3, -0.25) is 4.79 Å². The van der Waals surface area contributed by atoms with Crippen LogP contribution < -0.4 is 9.64 Å². The van der Waals surface area contributed by atoms with Crippen LogP contribution in [0.3, 0.4) is 0 Å². The van der Waals surface area contributed by atoms with Crippen molar-refractivity contribution in [3.8, 4) is 5.75 Å². The van der Waals surface area contributed by atoms with Crippen LogP contribution in [0.15, 0.2) is 23.1 Å². The van der Waals surface area contributed by atoms with Crippen LogP contribution in [-0.4, -0.2) is 26.5 Å². The van der Waals surface area contributed by atoms with Crippen LogP contribution in [0.25, 0.3) is 0 Å². The standard InChI is InChI=1S/C12H14ClNO4S/c1-8(15)14-7-12(2,3)18-11-5-4-9(6-10(11)14)19(13,16)17/h4-6H,7H2,1-3H3. The van der Waals surface area contributed by atoms with Crippen LogP contribution in [0.1, 0.15) is 20.8 Å². The van der Waals surface area contributed by atoms with Crippen molar-refractivity contribution >= 4 is 31.3 Å². The molecule has 0 saturated carbocycles. The number of ether oxygens (including phenoxy) is 1. The number of carbonyl (C=O) groups excluding carboxylic acids is 1. The molecule has 1 aromatic carbocycles. The monoisotopic (exact) mass is 303 g/mol. The molecule has 0 bridgehead atoms. The molecule has 1 aliphatic heterocycles. The van der Waals surface area contributed by atoms with E-state index in [2.05, 4.69) is 0 Å². The first-order chi connectivity index (χ1) is 8.60. The van der Waals surface area contributed by atoms with E-state index in [1.54, 1.807) is 0 Å². The number of hydrogen-bond acceptors (Lipinski definition) is 4. The molecule has 0 aromatic heterocycles. The number of halogens is 1. The van der Waals surface area contributed by atoms with E-state index in [1.807, 2.05) is 13.8 Å². The van der Waals surface area contributed by atoms with Gasteiger partial charge in [-0.1, -0.05) is 0 Å². The zero-order valence-electron chi connectivity index (χ0n) is 10.8. The van der Waals surface area contributed by atoms with Crippen molar-refractivity contribution in [3.63, 3.8) is 0 Å². The van der Waals surface area contributed by atoms with E-state index in [4.69, 9.17) is 15.4 Å². The van der Waals surface area contributed by atoms with Crippen molar-refractivity contribution in [1.29, 1.82) is 0 Å². The maximum atomic E-state index is 11.7. The average Bonchev–Trinajstić information content (AvgIpc) is 2.24. The molecular formula is C12H14ClNO4S. The summed E-state index contributed by atoms with van der Waals surface area (Å²) in [7, 11) is 1.48. The normalized spacial score (nSPS) is 17.6. The van der Waals surface area contributed by atoms with Gasteiger partial charge in [0.25, 0.3) is 9.05 Å². The summed E-state index contributed by atoms with van der Waals surface area (Å²) in [6.45, 7) is 5.49. The second kappa shape index (κ2) is 4.38. The van der Waals surface area contributed by atoms with E-state index in [9.17, 15) is 13.2 Å².